The molecule has 0 aromatic heterocycles. The summed E-state index contributed by atoms with van der Waals surface area (Å²) in [7, 11) is 0. The minimum atomic E-state index is -0.0661. The topological polar surface area (TPSA) is 6.48 Å². The van der Waals surface area contributed by atoms with Crippen LogP contribution in [0.15, 0.2) is 279 Å². The maximum atomic E-state index is 2.44. The van der Waals surface area contributed by atoms with Crippen molar-refractivity contribution in [3.05, 3.63) is 312 Å². The van der Waals surface area contributed by atoms with Crippen LogP contribution in [0.1, 0.15) is 61.1 Å². The molecule has 0 spiro atoms. The van der Waals surface area contributed by atoms with E-state index in [9.17, 15) is 0 Å². The van der Waals surface area contributed by atoms with E-state index in [1.807, 2.05) is 0 Å². The predicted molar refractivity (Wildman–Crippen MR) is 348 cm³/mol. The zero-order valence-electron chi connectivity index (χ0n) is 47.5. The lowest BCUT2D eigenvalue weighted by molar-refractivity contribution is 0.660. The van der Waals surface area contributed by atoms with Crippen molar-refractivity contribution in [2.45, 2.75) is 52.4 Å². The quantitative estimate of drug-likeness (QED) is 0.127. The van der Waals surface area contributed by atoms with Crippen LogP contribution < -0.4 is 9.80 Å². The van der Waals surface area contributed by atoms with Gasteiger partial charge in [-0.05, 0) is 187 Å². The molecule has 12 aromatic rings. The van der Waals surface area contributed by atoms with Crippen molar-refractivity contribution >= 4 is 34.1 Å². The number of rotatable bonds is 11. The Bertz CT molecular complexity index is 4110. The fourth-order valence-electron chi connectivity index (χ4n) is 13.4. The van der Waals surface area contributed by atoms with E-state index in [0.29, 0.717) is 0 Å². The molecule has 0 saturated carbocycles. The van der Waals surface area contributed by atoms with E-state index >= 15 is 0 Å². The molecule has 2 nitrogen and oxygen atoms in total. The van der Waals surface area contributed by atoms with Gasteiger partial charge in [0.2, 0.25) is 0 Å². The molecule has 2 aliphatic rings. The molecule has 0 radical (unpaired) electrons. The first kappa shape index (κ1) is 50.5. The van der Waals surface area contributed by atoms with E-state index in [4.69, 9.17) is 0 Å². The molecule has 14 rings (SSSR count). The second kappa shape index (κ2) is 20.1. The average Bonchev–Trinajstić information content (AvgIpc) is 4.00. The summed E-state index contributed by atoms with van der Waals surface area (Å²) in [4.78, 5) is 4.89. The summed E-state index contributed by atoms with van der Waals surface area (Å²) in [5.74, 6) is 0. The molecule has 0 amide bonds. The summed E-state index contributed by atoms with van der Waals surface area (Å²) in [5.41, 5.74) is 31.8. The number of hydrogen-bond acceptors (Lipinski definition) is 2. The maximum Gasteiger partial charge on any atom is 0.0540 e. The highest BCUT2D eigenvalue weighted by atomic mass is 15.2. The second-order valence-corrected chi connectivity index (χ2v) is 23.4. The summed E-state index contributed by atoms with van der Waals surface area (Å²) >= 11 is 0. The van der Waals surface area contributed by atoms with Gasteiger partial charge in [-0.15, -0.1) is 0 Å². The Morgan fingerprint density at radius 1 is 0.220 bits per heavy atom. The van der Waals surface area contributed by atoms with Crippen molar-refractivity contribution < 1.29 is 0 Å². The molecule has 0 bridgehead atoms. The molecule has 0 unspecified atom stereocenters. The van der Waals surface area contributed by atoms with E-state index in [-0.39, 0.29) is 10.8 Å². The zero-order chi connectivity index (χ0) is 55.7. The number of benzene rings is 12. The lowest BCUT2D eigenvalue weighted by atomic mass is 9.81. The summed E-state index contributed by atoms with van der Waals surface area (Å²) in [6.07, 6.45) is 0. The van der Waals surface area contributed by atoms with Gasteiger partial charge in [0.15, 0.2) is 0 Å². The molecular weight excluding hydrogens is 989 g/mol. The molecule has 394 valence electrons. The fraction of sp³-hybridized carbons (Fsp3) is 0.100. The smallest absolute Gasteiger partial charge is 0.0540 e. The van der Waals surface area contributed by atoms with Gasteiger partial charge in [-0.3, -0.25) is 0 Å². The minimum absolute atomic E-state index is 0.0661. The fourth-order valence-corrected chi connectivity index (χ4v) is 13.4. The van der Waals surface area contributed by atoms with Crippen LogP contribution in [-0.4, -0.2) is 0 Å². The van der Waals surface area contributed by atoms with Crippen LogP contribution in [0.25, 0.3) is 77.9 Å². The van der Waals surface area contributed by atoms with Gasteiger partial charge >= 0.3 is 0 Å². The molecule has 2 heteroatoms. The summed E-state index contributed by atoms with van der Waals surface area (Å²) in [5, 5.41) is 0. The lowest BCUT2D eigenvalue weighted by Gasteiger charge is -2.30. The van der Waals surface area contributed by atoms with Gasteiger partial charge in [-0.25, -0.2) is 0 Å². The second-order valence-electron chi connectivity index (χ2n) is 23.4. The standard InChI is InChI=1S/C80H64N2/c1-53-49-59(39-47-75(53)81(77-31-19-15-25-65(77)57-21-9-7-10-22-57)63-41-33-55(34-42-63)61-37-45-69-67-27-13-17-29-71(67)79(3,4)73(69)51-61)60-40-48-76(54(2)50-60)82(78-32-20-16-26-66(78)58-23-11-8-12-24-58)64-43-35-56(36-44-64)62-38-46-70-68-28-14-18-30-72(68)80(5,6)74(70)52-62/h7-52H,1-6H3. The number of para-hydroxylation sites is 2. The van der Waals surface area contributed by atoms with Gasteiger partial charge in [0.25, 0.3) is 0 Å². The SMILES string of the molecule is Cc1cc(-c2ccc(N(c3ccc(-c4ccc5c(c4)C(C)(C)c4ccccc4-5)cc3)c3ccccc3-c3ccccc3)c(C)c2)ccc1N(c1ccc(-c2ccc3c(c2)C(C)(C)c2ccccc2-3)cc1)c1ccccc1-c1ccccc1. The average molecular weight is 1050 g/mol. The first-order chi connectivity index (χ1) is 40.0. The first-order valence-electron chi connectivity index (χ1n) is 28.8. The number of fused-ring (bicyclic) bond motifs is 6. The highest BCUT2D eigenvalue weighted by molar-refractivity contribution is 5.93. The van der Waals surface area contributed by atoms with Gasteiger partial charge < -0.3 is 9.80 Å². The third-order valence-electron chi connectivity index (χ3n) is 17.8. The van der Waals surface area contributed by atoms with Crippen LogP contribution in [0, 0.1) is 13.8 Å². The molecule has 0 atom stereocenters. The van der Waals surface area contributed by atoms with Crippen LogP contribution in [-0.2, 0) is 10.8 Å². The molecule has 0 fully saturated rings. The normalized spacial score (nSPS) is 13.2. The summed E-state index contributed by atoms with van der Waals surface area (Å²) < 4.78 is 0. The Hall–Kier alpha value is -9.76. The summed E-state index contributed by atoms with van der Waals surface area (Å²) in [6.45, 7) is 13.9. The van der Waals surface area contributed by atoms with Crippen LogP contribution in [0.3, 0.4) is 0 Å². The lowest BCUT2D eigenvalue weighted by Crippen LogP contribution is -2.14. The highest BCUT2D eigenvalue weighted by Gasteiger charge is 2.37. The van der Waals surface area contributed by atoms with Crippen molar-refractivity contribution in [3.8, 4) is 77.9 Å². The van der Waals surface area contributed by atoms with E-state index < -0.39 is 0 Å². The van der Waals surface area contributed by atoms with Gasteiger partial charge in [-0.2, -0.15) is 0 Å². The summed E-state index contributed by atoms with van der Waals surface area (Å²) in [6, 6.07) is 103. The van der Waals surface area contributed by atoms with Gasteiger partial charge in [0.1, 0.15) is 0 Å². The molecule has 12 aromatic carbocycles. The van der Waals surface area contributed by atoms with E-state index in [1.165, 1.54) is 111 Å². The van der Waals surface area contributed by atoms with Crippen LogP contribution in [0.2, 0.25) is 0 Å². The molecule has 0 heterocycles. The van der Waals surface area contributed by atoms with Crippen LogP contribution in [0.5, 0.6) is 0 Å². The third-order valence-corrected chi connectivity index (χ3v) is 17.8. The molecule has 82 heavy (non-hydrogen) atoms. The largest absolute Gasteiger partial charge is 0.310 e. The van der Waals surface area contributed by atoms with Crippen molar-refractivity contribution in [1.29, 1.82) is 0 Å². The van der Waals surface area contributed by atoms with E-state index in [0.717, 1.165) is 34.1 Å². The Labute approximate surface area is 483 Å². The Morgan fingerprint density at radius 3 is 0.915 bits per heavy atom. The first-order valence-corrected chi connectivity index (χ1v) is 28.8. The molecule has 0 aliphatic heterocycles. The number of hydrogen-bond donors (Lipinski definition) is 0. The number of aryl methyl sites for hydroxylation is 2. The highest BCUT2D eigenvalue weighted by Crippen LogP contribution is 2.52. The monoisotopic (exact) mass is 1050 g/mol. The van der Waals surface area contributed by atoms with Gasteiger partial charge in [-0.1, -0.05) is 234 Å². The van der Waals surface area contributed by atoms with Gasteiger partial charge in [0, 0.05) is 44.7 Å². The maximum absolute atomic E-state index is 2.44. The van der Waals surface area contributed by atoms with Crippen molar-refractivity contribution in [2.24, 2.45) is 0 Å². The minimum Gasteiger partial charge on any atom is -0.310 e. The van der Waals surface area contributed by atoms with Gasteiger partial charge in [0.05, 0.1) is 11.4 Å². The van der Waals surface area contributed by atoms with Crippen molar-refractivity contribution in [1.82, 2.24) is 0 Å². The zero-order valence-corrected chi connectivity index (χ0v) is 47.5. The number of nitrogens with zero attached hydrogens (tertiary/aromatic N) is 2. The molecule has 2 aliphatic carbocycles. The number of anilines is 6. The van der Waals surface area contributed by atoms with E-state index in [2.05, 4.69) is 330 Å². The third kappa shape index (κ3) is 8.57. The van der Waals surface area contributed by atoms with Crippen molar-refractivity contribution in [2.75, 3.05) is 9.80 Å². The Morgan fingerprint density at radius 2 is 0.524 bits per heavy atom. The predicted octanol–water partition coefficient (Wildman–Crippen LogP) is 22.2. The molecular formula is C80H64N2. The molecule has 0 N–H and O–H groups in total. The van der Waals surface area contributed by atoms with E-state index in [1.54, 1.807) is 0 Å². The Balaban J connectivity index is 0.821. The molecule has 0 saturated heterocycles. The Kier molecular flexibility index (Phi) is 12.4. The van der Waals surface area contributed by atoms with Crippen LogP contribution in [0.4, 0.5) is 34.1 Å². The van der Waals surface area contributed by atoms with Crippen LogP contribution >= 0.6 is 0 Å². The van der Waals surface area contributed by atoms with Crippen molar-refractivity contribution in [3.63, 3.8) is 0 Å².